The highest BCUT2D eigenvalue weighted by atomic mass is 16.5. The molecule has 0 radical (unpaired) electrons. The second kappa shape index (κ2) is 7.70. The van der Waals surface area contributed by atoms with Crippen LogP contribution in [0.2, 0.25) is 0 Å². The van der Waals surface area contributed by atoms with Crippen LogP contribution in [-0.2, 0) is 11.3 Å². The summed E-state index contributed by atoms with van der Waals surface area (Å²) in [7, 11) is 1.63. The van der Waals surface area contributed by atoms with Gasteiger partial charge in [0.1, 0.15) is 12.4 Å². The molecule has 1 aromatic rings. The van der Waals surface area contributed by atoms with E-state index in [1.807, 2.05) is 23.1 Å². The molecule has 1 aromatic carbocycles. The molecule has 1 N–H and O–H groups in total. The van der Waals surface area contributed by atoms with Gasteiger partial charge in [0, 0.05) is 30.6 Å². The highest BCUT2D eigenvalue weighted by molar-refractivity contribution is 5.76. The summed E-state index contributed by atoms with van der Waals surface area (Å²) in [4.78, 5) is 14.0. The quantitative estimate of drug-likeness (QED) is 0.864. The molecule has 0 aromatic heterocycles. The average molecular weight is 287 g/mol. The minimum absolute atomic E-state index is 0.161. The normalized spacial score (nSPS) is 15.1. The summed E-state index contributed by atoms with van der Waals surface area (Å²) >= 11 is 0. The van der Waals surface area contributed by atoms with Gasteiger partial charge in [-0.25, -0.2) is 0 Å². The molecule has 0 saturated carbocycles. The Labute approximate surface area is 125 Å². The van der Waals surface area contributed by atoms with E-state index < -0.39 is 0 Å². The molecule has 1 aliphatic rings. The lowest BCUT2D eigenvalue weighted by atomic mass is 10.1. The van der Waals surface area contributed by atoms with E-state index >= 15 is 0 Å². The van der Waals surface area contributed by atoms with Gasteiger partial charge in [0.2, 0.25) is 5.91 Å². The van der Waals surface area contributed by atoms with Crippen molar-refractivity contribution in [3.05, 3.63) is 29.3 Å². The molecule has 1 saturated heterocycles. The minimum atomic E-state index is -0.161. The summed E-state index contributed by atoms with van der Waals surface area (Å²) in [6.45, 7) is 1.19. The fraction of sp³-hybridized carbons (Fsp3) is 0.471. The van der Waals surface area contributed by atoms with Crippen LogP contribution >= 0.6 is 0 Å². The number of hydrogen-bond acceptors (Lipinski definition) is 3. The molecule has 4 nitrogen and oxygen atoms in total. The molecule has 0 bridgehead atoms. The molecular formula is C17H21NO3. The van der Waals surface area contributed by atoms with Gasteiger partial charge >= 0.3 is 0 Å². The van der Waals surface area contributed by atoms with Crippen molar-refractivity contribution >= 4 is 5.91 Å². The number of aliphatic hydroxyl groups excluding tert-OH is 1. The van der Waals surface area contributed by atoms with Crippen LogP contribution in [0.4, 0.5) is 0 Å². The van der Waals surface area contributed by atoms with E-state index in [1.54, 1.807) is 7.11 Å². The number of carbonyl (C=O) groups excluding carboxylic acids is 1. The third-order valence-electron chi connectivity index (χ3n) is 3.62. The van der Waals surface area contributed by atoms with E-state index in [0.29, 0.717) is 13.0 Å². The molecule has 0 spiro atoms. The van der Waals surface area contributed by atoms with Crippen molar-refractivity contribution in [2.24, 2.45) is 0 Å². The van der Waals surface area contributed by atoms with E-state index in [1.165, 1.54) is 0 Å². The van der Waals surface area contributed by atoms with Crippen LogP contribution in [0.5, 0.6) is 5.75 Å². The molecule has 0 aliphatic carbocycles. The predicted molar refractivity (Wildman–Crippen MR) is 80.8 cm³/mol. The van der Waals surface area contributed by atoms with Gasteiger partial charge in [-0.15, -0.1) is 0 Å². The fourth-order valence-electron chi connectivity index (χ4n) is 2.53. The van der Waals surface area contributed by atoms with Gasteiger partial charge in [-0.1, -0.05) is 18.3 Å². The van der Waals surface area contributed by atoms with Crippen molar-refractivity contribution in [1.29, 1.82) is 0 Å². The number of amides is 1. The number of hydrogen-bond donors (Lipinski definition) is 1. The first-order valence-electron chi connectivity index (χ1n) is 7.29. The van der Waals surface area contributed by atoms with Gasteiger partial charge in [-0.3, -0.25) is 4.79 Å². The van der Waals surface area contributed by atoms with Crippen molar-refractivity contribution in [2.75, 3.05) is 20.3 Å². The molecule has 0 atom stereocenters. The number of rotatable bonds is 3. The van der Waals surface area contributed by atoms with Gasteiger partial charge in [0.15, 0.2) is 0 Å². The SMILES string of the molecule is COc1ccc(C#CCO)cc1CN1CCCCCC1=O. The summed E-state index contributed by atoms with van der Waals surface area (Å²) < 4.78 is 5.38. The smallest absolute Gasteiger partial charge is 0.222 e. The van der Waals surface area contributed by atoms with Gasteiger partial charge in [0.05, 0.1) is 7.11 Å². The van der Waals surface area contributed by atoms with Gasteiger partial charge in [-0.2, -0.15) is 0 Å². The Bertz CT molecular complexity index is 557. The Morgan fingerprint density at radius 3 is 2.95 bits per heavy atom. The number of carbonyl (C=O) groups is 1. The first kappa shape index (κ1) is 15.4. The second-order valence-corrected chi connectivity index (χ2v) is 5.11. The number of aliphatic hydroxyl groups is 1. The Morgan fingerprint density at radius 1 is 1.33 bits per heavy atom. The number of methoxy groups -OCH3 is 1. The Hall–Kier alpha value is -1.99. The number of nitrogens with zero attached hydrogens (tertiary/aromatic N) is 1. The molecular weight excluding hydrogens is 266 g/mol. The predicted octanol–water partition coefficient (Wildman–Crippen LogP) is 1.94. The lowest BCUT2D eigenvalue weighted by Crippen LogP contribution is -2.29. The monoisotopic (exact) mass is 287 g/mol. The zero-order chi connectivity index (χ0) is 15.1. The summed E-state index contributed by atoms with van der Waals surface area (Å²) in [6.07, 6.45) is 3.78. The Balaban J connectivity index is 2.21. The van der Waals surface area contributed by atoms with Crippen molar-refractivity contribution in [1.82, 2.24) is 4.90 Å². The van der Waals surface area contributed by atoms with Crippen LogP contribution in [0.1, 0.15) is 36.8 Å². The molecule has 1 heterocycles. The minimum Gasteiger partial charge on any atom is -0.496 e. The van der Waals surface area contributed by atoms with Crippen LogP contribution in [0.25, 0.3) is 0 Å². The van der Waals surface area contributed by atoms with E-state index in [4.69, 9.17) is 9.84 Å². The fourth-order valence-corrected chi connectivity index (χ4v) is 2.53. The average Bonchev–Trinajstić information content (AvgIpc) is 2.70. The van der Waals surface area contributed by atoms with E-state index in [2.05, 4.69) is 11.8 Å². The highest BCUT2D eigenvalue weighted by Crippen LogP contribution is 2.23. The first-order valence-corrected chi connectivity index (χ1v) is 7.29. The number of benzene rings is 1. The maximum atomic E-state index is 12.1. The van der Waals surface area contributed by atoms with E-state index in [0.717, 1.165) is 42.7 Å². The zero-order valence-electron chi connectivity index (χ0n) is 12.4. The molecule has 21 heavy (non-hydrogen) atoms. The topological polar surface area (TPSA) is 49.8 Å². The number of ether oxygens (including phenoxy) is 1. The van der Waals surface area contributed by atoms with Crippen molar-refractivity contribution < 1.29 is 14.6 Å². The van der Waals surface area contributed by atoms with Crippen LogP contribution in [0.3, 0.4) is 0 Å². The summed E-state index contributed by atoms with van der Waals surface area (Å²) in [6, 6.07) is 5.65. The van der Waals surface area contributed by atoms with Crippen molar-refractivity contribution in [3.63, 3.8) is 0 Å². The lowest BCUT2D eigenvalue weighted by molar-refractivity contribution is -0.131. The zero-order valence-corrected chi connectivity index (χ0v) is 12.4. The van der Waals surface area contributed by atoms with E-state index in [-0.39, 0.29) is 12.5 Å². The standard InChI is InChI=1S/C17H21NO3/c1-21-16-9-8-14(6-5-11-19)12-15(16)13-18-10-4-2-3-7-17(18)20/h8-9,12,19H,2-4,7,10-11,13H2,1H3. The molecule has 1 fully saturated rings. The third kappa shape index (κ3) is 4.24. The second-order valence-electron chi connectivity index (χ2n) is 5.11. The maximum Gasteiger partial charge on any atom is 0.222 e. The van der Waals surface area contributed by atoms with Gasteiger partial charge in [0.25, 0.3) is 0 Å². The molecule has 0 unspecified atom stereocenters. The summed E-state index contributed by atoms with van der Waals surface area (Å²) in [5.74, 6) is 6.50. The molecule has 112 valence electrons. The molecule has 1 aliphatic heterocycles. The summed E-state index contributed by atoms with van der Waals surface area (Å²) in [5, 5.41) is 8.77. The van der Waals surface area contributed by atoms with Gasteiger partial charge < -0.3 is 14.7 Å². The molecule has 2 rings (SSSR count). The van der Waals surface area contributed by atoms with Gasteiger partial charge in [-0.05, 0) is 31.0 Å². The summed E-state index contributed by atoms with van der Waals surface area (Å²) in [5.41, 5.74) is 1.78. The largest absolute Gasteiger partial charge is 0.496 e. The molecule has 4 heteroatoms. The van der Waals surface area contributed by atoms with Crippen molar-refractivity contribution in [3.8, 4) is 17.6 Å². The Kier molecular flexibility index (Phi) is 5.65. The lowest BCUT2D eigenvalue weighted by Gasteiger charge is -2.22. The number of likely N-dealkylation sites (tertiary alicyclic amines) is 1. The molecule has 1 amide bonds. The van der Waals surface area contributed by atoms with Crippen molar-refractivity contribution in [2.45, 2.75) is 32.2 Å². The first-order chi connectivity index (χ1) is 10.2. The maximum absolute atomic E-state index is 12.1. The van der Waals surface area contributed by atoms with Crippen LogP contribution < -0.4 is 4.74 Å². The van der Waals surface area contributed by atoms with E-state index in [9.17, 15) is 4.79 Å². The highest BCUT2D eigenvalue weighted by Gasteiger charge is 2.18. The third-order valence-corrected chi connectivity index (χ3v) is 3.62. The van der Waals surface area contributed by atoms with Crippen LogP contribution in [0, 0.1) is 11.8 Å². The Morgan fingerprint density at radius 2 is 2.19 bits per heavy atom. The van der Waals surface area contributed by atoms with Crippen LogP contribution in [0.15, 0.2) is 18.2 Å². The van der Waals surface area contributed by atoms with Crippen LogP contribution in [-0.4, -0.2) is 36.2 Å².